The molecule has 0 atom stereocenters. The number of aliphatic imine (C=N–C) groups is 1. The highest BCUT2D eigenvalue weighted by molar-refractivity contribution is 8.18. The van der Waals surface area contributed by atoms with Crippen molar-refractivity contribution in [2.24, 2.45) is 4.99 Å². The largest absolute Gasteiger partial charge is 0.506 e. The normalized spacial score (nSPS) is 17.4. The molecule has 0 amide bonds. The molecule has 28 heavy (non-hydrogen) atoms. The number of aliphatic hydroxyl groups is 1. The van der Waals surface area contributed by atoms with E-state index in [-0.39, 0.29) is 22.1 Å². The first-order valence-electron chi connectivity index (χ1n) is 7.88. The summed E-state index contributed by atoms with van der Waals surface area (Å²) >= 11 is 0.994. The first kappa shape index (κ1) is 19.7. The Hall–Kier alpha value is -3.07. The number of rotatable bonds is 3. The fourth-order valence-corrected chi connectivity index (χ4v) is 3.35. The molecule has 3 rings (SSSR count). The minimum Gasteiger partial charge on any atom is -0.506 e. The number of pyridine rings is 1. The predicted octanol–water partition coefficient (Wildman–Crippen LogP) is 4.90. The van der Waals surface area contributed by atoms with Crippen molar-refractivity contribution in [1.82, 2.24) is 4.98 Å². The topological polar surface area (TPSA) is 71.8 Å². The summed E-state index contributed by atoms with van der Waals surface area (Å²) in [6.07, 6.45) is -1.31. The summed E-state index contributed by atoms with van der Waals surface area (Å²) in [4.78, 5) is 20.7. The second kappa shape index (κ2) is 7.89. The second-order valence-electron chi connectivity index (χ2n) is 5.54. The Morgan fingerprint density at radius 2 is 1.93 bits per heavy atom. The molecule has 5 nitrogen and oxygen atoms in total. The quantitative estimate of drug-likeness (QED) is 0.734. The number of alkyl halides is 3. The maximum Gasteiger partial charge on any atom is 0.416 e. The van der Waals surface area contributed by atoms with Crippen molar-refractivity contribution in [2.45, 2.75) is 6.18 Å². The van der Waals surface area contributed by atoms with Gasteiger partial charge in [0, 0.05) is 6.20 Å². The van der Waals surface area contributed by atoms with Gasteiger partial charge in [0.25, 0.3) is 0 Å². The zero-order chi connectivity index (χ0) is 20.3. The van der Waals surface area contributed by atoms with Crippen LogP contribution in [0.3, 0.4) is 0 Å². The summed E-state index contributed by atoms with van der Waals surface area (Å²) in [5.41, 5.74) is -0.215. The fourth-order valence-electron chi connectivity index (χ4n) is 2.33. The predicted molar refractivity (Wildman–Crippen MR) is 100 cm³/mol. The van der Waals surface area contributed by atoms with E-state index >= 15 is 0 Å². The lowest BCUT2D eigenvalue weighted by molar-refractivity contribution is -0.137. The van der Waals surface area contributed by atoms with Crippen molar-refractivity contribution >= 4 is 34.5 Å². The summed E-state index contributed by atoms with van der Waals surface area (Å²) in [5, 5.41) is 10.6. The number of carbonyl (C=O) groups excluding carboxylic acids is 1. The molecule has 2 heterocycles. The molecule has 1 aromatic heterocycles. The molecule has 0 aliphatic carbocycles. The van der Waals surface area contributed by atoms with Crippen molar-refractivity contribution in [3.8, 4) is 0 Å². The number of hydrogen-bond acceptors (Lipinski definition) is 6. The lowest BCUT2D eigenvalue weighted by Gasteiger charge is -2.06. The fraction of sp³-hybridized carbons (Fsp3) is 0.105. The van der Waals surface area contributed by atoms with Gasteiger partial charge in [-0.2, -0.15) is 13.2 Å². The van der Waals surface area contributed by atoms with Crippen LogP contribution in [-0.4, -0.2) is 28.2 Å². The van der Waals surface area contributed by atoms with Gasteiger partial charge in [0.15, 0.2) is 0 Å². The molecule has 144 valence electrons. The van der Waals surface area contributed by atoms with Gasteiger partial charge in [0.05, 0.1) is 29.0 Å². The zero-order valence-corrected chi connectivity index (χ0v) is 15.2. The number of carbonyl (C=O) groups is 1. The average Bonchev–Trinajstić information content (AvgIpc) is 2.96. The van der Waals surface area contributed by atoms with Crippen molar-refractivity contribution < 1.29 is 27.8 Å². The monoisotopic (exact) mass is 406 g/mol. The minimum atomic E-state index is -4.46. The van der Waals surface area contributed by atoms with Crippen molar-refractivity contribution in [3.63, 3.8) is 0 Å². The molecule has 1 N–H and O–H groups in total. The number of benzene rings is 1. The first-order valence-corrected chi connectivity index (χ1v) is 8.70. The molecule has 0 unspecified atom stereocenters. The Bertz CT molecular complexity index is 982. The van der Waals surface area contributed by atoms with Crippen LogP contribution in [0.5, 0.6) is 0 Å². The van der Waals surface area contributed by atoms with E-state index in [2.05, 4.69) is 9.98 Å². The number of aromatic nitrogens is 1. The number of ether oxygens (including phenoxy) is 1. The number of thioether (sulfide) groups is 1. The molecule has 1 aliphatic heterocycles. The van der Waals surface area contributed by atoms with Crippen molar-refractivity contribution in [2.75, 3.05) is 7.11 Å². The number of methoxy groups -OCH3 is 1. The van der Waals surface area contributed by atoms with Crippen LogP contribution >= 0.6 is 11.8 Å². The van der Waals surface area contributed by atoms with Gasteiger partial charge in [-0.1, -0.05) is 17.8 Å². The standard InChI is InChI=1S/C19H13F3N2O3S/c1-27-18(26)15-16(25)14(10-13-4-2-3-9-23-13)28-17(15)24-12-7-5-11(6-8-12)19(20,21)22/h2-10,25H,1H3/b14-10+,24-17?. The molecule has 1 aromatic carbocycles. The van der Waals surface area contributed by atoms with Gasteiger partial charge >= 0.3 is 12.1 Å². The third-order valence-corrected chi connectivity index (χ3v) is 4.69. The van der Waals surface area contributed by atoms with Gasteiger partial charge in [0.1, 0.15) is 16.4 Å². The third-order valence-electron chi connectivity index (χ3n) is 3.67. The molecule has 0 fully saturated rings. The highest BCUT2D eigenvalue weighted by atomic mass is 32.2. The Kier molecular flexibility index (Phi) is 5.55. The van der Waals surface area contributed by atoms with E-state index in [0.29, 0.717) is 10.6 Å². The zero-order valence-electron chi connectivity index (χ0n) is 14.4. The molecular weight excluding hydrogens is 393 g/mol. The maximum atomic E-state index is 12.7. The third kappa shape index (κ3) is 4.25. The van der Waals surface area contributed by atoms with E-state index in [1.165, 1.54) is 12.1 Å². The number of halogens is 3. The Morgan fingerprint density at radius 1 is 1.21 bits per heavy atom. The van der Waals surface area contributed by atoms with Crippen LogP contribution in [0.15, 0.2) is 69.9 Å². The lowest BCUT2D eigenvalue weighted by Crippen LogP contribution is -2.10. The molecule has 0 spiro atoms. The number of aliphatic hydroxyl groups excluding tert-OH is 1. The van der Waals surface area contributed by atoms with E-state index in [0.717, 1.165) is 31.0 Å². The van der Waals surface area contributed by atoms with Crippen molar-refractivity contribution in [3.05, 3.63) is 76.2 Å². The summed E-state index contributed by atoms with van der Waals surface area (Å²) in [6, 6.07) is 9.36. The molecule has 0 bridgehead atoms. The lowest BCUT2D eigenvalue weighted by atomic mass is 10.2. The van der Waals surface area contributed by atoms with Gasteiger partial charge in [-0.25, -0.2) is 9.79 Å². The molecular formula is C19H13F3N2O3S. The van der Waals surface area contributed by atoms with Crippen LogP contribution < -0.4 is 0 Å². The smallest absolute Gasteiger partial charge is 0.416 e. The SMILES string of the molecule is COC(=O)C1=C(O)/C(=C\c2ccccn2)SC1=Nc1ccc(C(F)(F)F)cc1. The van der Waals surface area contributed by atoms with Crippen LogP contribution in [0.2, 0.25) is 0 Å². The van der Waals surface area contributed by atoms with Crippen LogP contribution in [-0.2, 0) is 15.7 Å². The van der Waals surface area contributed by atoms with Crippen LogP contribution in [0.4, 0.5) is 18.9 Å². The van der Waals surface area contributed by atoms with Gasteiger partial charge in [-0.3, -0.25) is 4.98 Å². The first-order chi connectivity index (χ1) is 13.3. The molecule has 1 aliphatic rings. The van der Waals surface area contributed by atoms with Gasteiger partial charge < -0.3 is 9.84 Å². The van der Waals surface area contributed by atoms with E-state index < -0.39 is 17.7 Å². The molecule has 0 radical (unpaired) electrons. The average molecular weight is 406 g/mol. The van der Waals surface area contributed by atoms with Crippen LogP contribution in [0.1, 0.15) is 11.3 Å². The van der Waals surface area contributed by atoms with Crippen molar-refractivity contribution in [1.29, 1.82) is 0 Å². The minimum absolute atomic E-state index is 0.117. The Balaban J connectivity index is 1.99. The number of nitrogens with zero attached hydrogens (tertiary/aromatic N) is 2. The Morgan fingerprint density at radius 3 is 2.50 bits per heavy atom. The molecule has 9 heteroatoms. The number of hydrogen-bond donors (Lipinski definition) is 1. The van der Waals surface area contributed by atoms with E-state index in [1.54, 1.807) is 30.5 Å². The van der Waals surface area contributed by atoms with Gasteiger partial charge in [0.2, 0.25) is 0 Å². The number of esters is 1. The molecule has 0 saturated heterocycles. The molecule has 0 saturated carbocycles. The van der Waals surface area contributed by atoms with E-state index in [1.807, 2.05) is 0 Å². The van der Waals surface area contributed by atoms with Gasteiger partial charge in [-0.15, -0.1) is 0 Å². The summed E-state index contributed by atoms with van der Waals surface area (Å²) in [6.45, 7) is 0. The summed E-state index contributed by atoms with van der Waals surface area (Å²) in [7, 11) is 1.16. The summed E-state index contributed by atoms with van der Waals surface area (Å²) in [5.74, 6) is -1.13. The highest BCUT2D eigenvalue weighted by Gasteiger charge is 2.33. The highest BCUT2D eigenvalue weighted by Crippen LogP contribution is 2.40. The van der Waals surface area contributed by atoms with Crippen LogP contribution in [0, 0.1) is 0 Å². The van der Waals surface area contributed by atoms with E-state index in [4.69, 9.17) is 4.74 Å². The van der Waals surface area contributed by atoms with E-state index in [9.17, 15) is 23.1 Å². The summed E-state index contributed by atoms with van der Waals surface area (Å²) < 4.78 is 42.8. The van der Waals surface area contributed by atoms with Crippen LogP contribution in [0.25, 0.3) is 6.08 Å². The van der Waals surface area contributed by atoms with Gasteiger partial charge in [-0.05, 0) is 42.5 Å². The second-order valence-corrected chi connectivity index (χ2v) is 6.57. The Labute approximate surface area is 162 Å². The molecule has 2 aromatic rings. The maximum absolute atomic E-state index is 12.7.